The molecule has 0 bridgehead atoms. The third-order valence-electron chi connectivity index (χ3n) is 5.07. The quantitative estimate of drug-likeness (QED) is 0.409. The van der Waals surface area contributed by atoms with Gasteiger partial charge in [0, 0.05) is 0 Å². The van der Waals surface area contributed by atoms with Crippen LogP contribution in [0.2, 0.25) is 0 Å². The average molecular weight is 361 g/mol. The molecule has 0 aliphatic rings. The summed E-state index contributed by atoms with van der Waals surface area (Å²) in [6.07, 6.45) is 0. The standard InChI is InChI=1S/C25H19N3/c1-3-9-19(10-4-1)20-15-17-22(18-16-20)25(21-11-5-2-6-12-21)28-24-14-8-7-13-23(24)26-27-28/h1-18,25H. The van der Waals surface area contributed by atoms with E-state index in [-0.39, 0.29) is 6.04 Å². The minimum absolute atomic E-state index is 0.0292. The van der Waals surface area contributed by atoms with Gasteiger partial charge in [-0.2, -0.15) is 0 Å². The first kappa shape index (κ1) is 16.5. The summed E-state index contributed by atoms with van der Waals surface area (Å²) >= 11 is 0. The van der Waals surface area contributed by atoms with Crippen molar-refractivity contribution in [1.82, 2.24) is 15.0 Å². The molecule has 0 aliphatic heterocycles. The van der Waals surface area contributed by atoms with E-state index in [9.17, 15) is 0 Å². The maximum Gasteiger partial charge on any atom is 0.113 e. The molecule has 0 fully saturated rings. The van der Waals surface area contributed by atoms with E-state index in [2.05, 4.69) is 89.2 Å². The van der Waals surface area contributed by atoms with E-state index in [1.165, 1.54) is 22.3 Å². The third-order valence-corrected chi connectivity index (χ3v) is 5.07. The van der Waals surface area contributed by atoms with Crippen LogP contribution >= 0.6 is 0 Å². The van der Waals surface area contributed by atoms with Gasteiger partial charge in [-0.05, 0) is 34.4 Å². The fourth-order valence-electron chi connectivity index (χ4n) is 3.68. The first-order chi connectivity index (χ1) is 13.9. The Bertz CT molecular complexity index is 1190. The van der Waals surface area contributed by atoms with Gasteiger partial charge in [0.25, 0.3) is 0 Å². The summed E-state index contributed by atoms with van der Waals surface area (Å²) in [6, 6.07) is 37.7. The summed E-state index contributed by atoms with van der Waals surface area (Å²) < 4.78 is 2.02. The van der Waals surface area contributed by atoms with Crippen molar-refractivity contribution in [3.63, 3.8) is 0 Å². The number of fused-ring (bicyclic) bond motifs is 1. The van der Waals surface area contributed by atoms with Crippen LogP contribution in [0.25, 0.3) is 22.2 Å². The Morgan fingerprint density at radius 1 is 0.536 bits per heavy atom. The Balaban J connectivity index is 1.63. The van der Waals surface area contributed by atoms with Crippen molar-refractivity contribution >= 4 is 11.0 Å². The first-order valence-corrected chi connectivity index (χ1v) is 9.40. The molecule has 1 aromatic heterocycles. The minimum atomic E-state index is -0.0292. The lowest BCUT2D eigenvalue weighted by Crippen LogP contribution is -2.14. The largest absolute Gasteiger partial charge is 0.233 e. The average Bonchev–Trinajstić information content (AvgIpc) is 3.20. The Morgan fingerprint density at radius 3 is 1.86 bits per heavy atom. The Hall–Kier alpha value is -3.72. The maximum absolute atomic E-state index is 4.50. The van der Waals surface area contributed by atoms with Crippen molar-refractivity contribution < 1.29 is 0 Å². The predicted molar refractivity (Wildman–Crippen MR) is 113 cm³/mol. The van der Waals surface area contributed by atoms with Crippen LogP contribution in [0.5, 0.6) is 0 Å². The molecule has 1 unspecified atom stereocenters. The van der Waals surface area contributed by atoms with E-state index in [1.54, 1.807) is 0 Å². The molecule has 0 radical (unpaired) electrons. The Morgan fingerprint density at radius 2 is 1.11 bits per heavy atom. The number of hydrogen-bond donors (Lipinski definition) is 0. The van der Waals surface area contributed by atoms with Crippen LogP contribution in [0.3, 0.4) is 0 Å². The van der Waals surface area contributed by atoms with Gasteiger partial charge < -0.3 is 0 Å². The molecule has 0 spiro atoms. The van der Waals surface area contributed by atoms with Crippen LogP contribution in [0, 0.1) is 0 Å². The minimum Gasteiger partial charge on any atom is -0.233 e. The number of aromatic nitrogens is 3. The predicted octanol–water partition coefficient (Wildman–Crippen LogP) is 5.74. The van der Waals surface area contributed by atoms with Crippen molar-refractivity contribution in [3.05, 3.63) is 120 Å². The molecule has 3 nitrogen and oxygen atoms in total. The van der Waals surface area contributed by atoms with Gasteiger partial charge in [0.1, 0.15) is 11.6 Å². The molecule has 28 heavy (non-hydrogen) atoms. The summed E-state index contributed by atoms with van der Waals surface area (Å²) in [5, 5.41) is 8.86. The number of rotatable bonds is 4. The number of benzene rings is 4. The smallest absolute Gasteiger partial charge is 0.113 e. The highest BCUT2D eigenvalue weighted by Crippen LogP contribution is 2.30. The SMILES string of the molecule is c1ccc(-c2ccc(C(c3ccccc3)n3nnc4ccccc43)cc2)cc1. The molecule has 0 saturated heterocycles. The molecule has 5 rings (SSSR count). The van der Waals surface area contributed by atoms with E-state index in [0.717, 1.165) is 11.0 Å². The van der Waals surface area contributed by atoms with Gasteiger partial charge in [0.2, 0.25) is 0 Å². The highest BCUT2D eigenvalue weighted by atomic mass is 15.4. The number of para-hydroxylation sites is 1. The number of hydrogen-bond acceptors (Lipinski definition) is 2. The van der Waals surface area contributed by atoms with Gasteiger partial charge in [0.15, 0.2) is 0 Å². The Labute approximate surface area is 163 Å². The van der Waals surface area contributed by atoms with E-state index >= 15 is 0 Å². The second kappa shape index (κ2) is 7.12. The summed E-state index contributed by atoms with van der Waals surface area (Å²) in [7, 11) is 0. The van der Waals surface area contributed by atoms with E-state index in [1.807, 2.05) is 35.0 Å². The van der Waals surface area contributed by atoms with Gasteiger partial charge in [0.05, 0.1) is 5.52 Å². The summed E-state index contributed by atoms with van der Waals surface area (Å²) in [5.41, 5.74) is 6.73. The zero-order valence-electron chi connectivity index (χ0n) is 15.3. The lowest BCUT2D eigenvalue weighted by molar-refractivity contribution is 0.589. The highest BCUT2D eigenvalue weighted by molar-refractivity contribution is 5.74. The van der Waals surface area contributed by atoms with Gasteiger partial charge in [-0.1, -0.05) is 102 Å². The first-order valence-electron chi connectivity index (χ1n) is 9.40. The summed E-state index contributed by atoms with van der Waals surface area (Å²) in [6.45, 7) is 0. The van der Waals surface area contributed by atoms with Gasteiger partial charge >= 0.3 is 0 Å². The third kappa shape index (κ3) is 2.97. The lowest BCUT2D eigenvalue weighted by Gasteiger charge is -2.19. The van der Waals surface area contributed by atoms with E-state index < -0.39 is 0 Å². The molecule has 4 aromatic carbocycles. The maximum atomic E-state index is 4.50. The summed E-state index contributed by atoms with van der Waals surface area (Å²) in [5.74, 6) is 0. The lowest BCUT2D eigenvalue weighted by atomic mass is 9.96. The normalized spacial score (nSPS) is 12.1. The van der Waals surface area contributed by atoms with Crippen LogP contribution in [0.1, 0.15) is 17.2 Å². The zero-order chi connectivity index (χ0) is 18.8. The highest BCUT2D eigenvalue weighted by Gasteiger charge is 2.20. The fraction of sp³-hybridized carbons (Fsp3) is 0.0400. The fourth-order valence-corrected chi connectivity index (χ4v) is 3.68. The zero-order valence-corrected chi connectivity index (χ0v) is 15.3. The van der Waals surface area contributed by atoms with Gasteiger partial charge in [-0.3, -0.25) is 0 Å². The second-order valence-corrected chi connectivity index (χ2v) is 6.82. The number of nitrogens with zero attached hydrogens (tertiary/aromatic N) is 3. The van der Waals surface area contributed by atoms with Crippen LogP contribution in [0.15, 0.2) is 109 Å². The summed E-state index contributed by atoms with van der Waals surface area (Å²) in [4.78, 5) is 0. The molecular formula is C25H19N3. The van der Waals surface area contributed by atoms with E-state index in [4.69, 9.17) is 0 Å². The molecule has 0 saturated carbocycles. The van der Waals surface area contributed by atoms with Crippen LogP contribution in [-0.2, 0) is 0 Å². The molecular weight excluding hydrogens is 342 g/mol. The molecule has 1 atom stereocenters. The molecule has 3 heteroatoms. The van der Waals surface area contributed by atoms with Crippen LogP contribution < -0.4 is 0 Å². The molecule has 134 valence electrons. The van der Waals surface area contributed by atoms with Gasteiger partial charge in [-0.15, -0.1) is 5.10 Å². The topological polar surface area (TPSA) is 30.7 Å². The van der Waals surface area contributed by atoms with Crippen molar-refractivity contribution in [2.24, 2.45) is 0 Å². The van der Waals surface area contributed by atoms with Crippen LogP contribution in [-0.4, -0.2) is 15.0 Å². The second-order valence-electron chi connectivity index (χ2n) is 6.82. The van der Waals surface area contributed by atoms with E-state index in [0.29, 0.717) is 0 Å². The van der Waals surface area contributed by atoms with Crippen molar-refractivity contribution in [3.8, 4) is 11.1 Å². The molecule has 0 N–H and O–H groups in total. The van der Waals surface area contributed by atoms with Crippen molar-refractivity contribution in [2.45, 2.75) is 6.04 Å². The van der Waals surface area contributed by atoms with Gasteiger partial charge in [-0.25, -0.2) is 4.68 Å². The molecule has 0 amide bonds. The molecule has 5 aromatic rings. The monoisotopic (exact) mass is 361 g/mol. The molecule has 1 heterocycles. The van der Waals surface area contributed by atoms with Crippen molar-refractivity contribution in [2.75, 3.05) is 0 Å². The molecule has 0 aliphatic carbocycles. The van der Waals surface area contributed by atoms with Crippen LogP contribution in [0.4, 0.5) is 0 Å². The Kier molecular flexibility index (Phi) is 4.19. The van der Waals surface area contributed by atoms with Crippen molar-refractivity contribution in [1.29, 1.82) is 0 Å².